The fourth-order valence-corrected chi connectivity index (χ4v) is 4.41. The third kappa shape index (κ3) is 7.21. The molecule has 2 bridgehead atoms. The minimum absolute atomic E-state index is 0.0321. The Labute approximate surface area is 166 Å². The highest BCUT2D eigenvalue weighted by Gasteiger charge is 2.32. The molecule has 2 aliphatic rings. The molecule has 3 atom stereocenters. The maximum Gasteiger partial charge on any atom is 0.225 e. The van der Waals surface area contributed by atoms with Crippen LogP contribution in [0.3, 0.4) is 0 Å². The van der Waals surface area contributed by atoms with E-state index in [1.54, 1.807) is 0 Å². The summed E-state index contributed by atoms with van der Waals surface area (Å²) in [6.45, 7) is 6.75. The predicted octanol–water partition coefficient (Wildman–Crippen LogP) is 4.76. The Morgan fingerprint density at radius 2 is 1.74 bits per heavy atom. The standard InChI is InChI=1S/C23H42N2O2/c1-4-23(2,3)22(27)24-17-11-10-14-20-21(26)18-12-8-6-5-7-9-13-19(25-20)16-15-18/h18-20,25H,4-17H2,1-3H3,(H,24,27). The molecule has 1 aliphatic carbocycles. The summed E-state index contributed by atoms with van der Waals surface area (Å²) in [5.41, 5.74) is -0.287. The first-order valence-corrected chi connectivity index (χ1v) is 11.5. The number of amides is 1. The van der Waals surface area contributed by atoms with E-state index in [9.17, 15) is 9.59 Å². The van der Waals surface area contributed by atoms with Crippen molar-refractivity contribution in [2.45, 2.75) is 116 Å². The lowest BCUT2D eigenvalue weighted by Crippen LogP contribution is -2.43. The average molecular weight is 379 g/mol. The van der Waals surface area contributed by atoms with Crippen molar-refractivity contribution in [1.82, 2.24) is 10.6 Å². The molecule has 1 saturated carbocycles. The molecule has 0 aromatic rings. The summed E-state index contributed by atoms with van der Waals surface area (Å²) in [4.78, 5) is 25.2. The van der Waals surface area contributed by atoms with Crippen LogP contribution in [0.15, 0.2) is 0 Å². The van der Waals surface area contributed by atoms with E-state index in [4.69, 9.17) is 0 Å². The van der Waals surface area contributed by atoms with Crippen molar-refractivity contribution < 1.29 is 9.59 Å². The molecule has 4 heteroatoms. The van der Waals surface area contributed by atoms with E-state index >= 15 is 0 Å². The van der Waals surface area contributed by atoms with Gasteiger partial charge in [0, 0.05) is 23.9 Å². The summed E-state index contributed by atoms with van der Waals surface area (Å²) in [7, 11) is 0. The van der Waals surface area contributed by atoms with E-state index < -0.39 is 0 Å². The molecule has 1 aliphatic heterocycles. The fraction of sp³-hybridized carbons (Fsp3) is 0.913. The zero-order valence-corrected chi connectivity index (χ0v) is 17.9. The van der Waals surface area contributed by atoms with Crippen LogP contribution in [-0.2, 0) is 9.59 Å². The summed E-state index contributed by atoms with van der Waals surface area (Å²) >= 11 is 0. The zero-order valence-electron chi connectivity index (χ0n) is 17.9. The number of rotatable bonds is 7. The van der Waals surface area contributed by atoms with Gasteiger partial charge in [-0.05, 0) is 51.4 Å². The largest absolute Gasteiger partial charge is 0.356 e. The van der Waals surface area contributed by atoms with Crippen molar-refractivity contribution in [2.75, 3.05) is 6.54 Å². The van der Waals surface area contributed by atoms with Gasteiger partial charge in [0.15, 0.2) is 5.78 Å². The molecule has 156 valence electrons. The molecule has 4 nitrogen and oxygen atoms in total. The third-order valence-electron chi connectivity index (χ3n) is 6.86. The van der Waals surface area contributed by atoms with Crippen LogP contribution in [0.25, 0.3) is 0 Å². The van der Waals surface area contributed by atoms with Gasteiger partial charge in [-0.2, -0.15) is 0 Å². The maximum atomic E-state index is 13.0. The Morgan fingerprint density at radius 1 is 1.04 bits per heavy atom. The van der Waals surface area contributed by atoms with Crippen LogP contribution >= 0.6 is 0 Å². The lowest BCUT2D eigenvalue weighted by Gasteiger charge is -2.24. The van der Waals surface area contributed by atoms with Crippen molar-refractivity contribution in [3.8, 4) is 0 Å². The number of carbonyl (C=O) groups excluding carboxylic acids is 2. The minimum atomic E-state index is -0.287. The Kier molecular flexibility index (Phi) is 9.28. The summed E-state index contributed by atoms with van der Waals surface area (Å²) in [6.07, 6.45) is 14.7. The second kappa shape index (κ2) is 11.2. The van der Waals surface area contributed by atoms with Crippen LogP contribution in [0.5, 0.6) is 0 Å². The first-order valence-electron chi connectivity index (χ1n) is 11.5. The van der Waals surface area contributed by atoms with E-state index in [-0.39, 0.29) is 23.3 Å². The summed E-state index contributed by atoms with van der Waals surface area (Å²) in [5.74, 6) is 0.883. The van der Waals surface area contributed by atoms with Crippen molar-refractivity contribution in [3.05, 3.63) is 0 Å². The monoisotopic (exact) mass is 378 g/mol. The van der Waals surface area contributed by atoms with Gasteiger partial charge in [0.1, 0.15) is 0 Å². The molecule has 0 spiro atoms. The second-order valence-electron chi connectivity index (χ2n) is 9.43. The predicted molar refractivity (Wildman–Crippen MR) is 112 cm³/mol. The zero-order chi connectivity index (χ0) is 19.7. The normalized spacial score (nSPS) is 27.7. The Morgan fingerprint density at radius 3 is 2.48 bits per heavy atom. The van der Waals surface area contributed by atoms with Crippen LogP contribution in [0.1, 0.15) is 104 Å². The van der Waals surface area contributed by atoms with Gasteiger partial charge in [0.05, 0.1) is 6.04 Å². The summed E-state index contributed by atoms with van der Waals surface area (Å²) in [5, 5.41) is 6.77. The maximum absolute atomic E-state index is 13.0. The molecule has 3 unspecified atom stereocenters. The van der Waals surface area contributed by atoms with Crippen molar-refractivity contribution in [1.29, 1.82) is 0 Å². The topological polar surface area (TPSA) is 58.2 Å². The Hall–Kier alpha value is -0.900. The number of Topliss-reactive ketones (excluding diaryl/α,β-unsaturated/α-hetero) is 1. The smallest absolute Gasteiger partial charge is 0.225 e. The van der Waals surface area contributed by atoms with Gasteiger partial charge in [-0.1, -0.05) is 52.9 Å². The highest BCUT2D eigenvalue weighted by atomic mass is 16.2. The number of ketones is 1. The van der Waals surface area contributed by atoms with Crippen LogP contribution in [0, 0.1) is 11.3 Å². The third-order valence-corrected chi connectivity index (χ3v) is 6.86. The minimum Gasteiger partial charge on any atom is -0.356 e. The summed E-state index contributed by atoms with van der Waals surface area (Å²) in [6, 6.07) is 0.553. The van der Waals surface area contributed by atoms with Crippen molar-refractivity contribution in [2.24, 2.45) is 11.3 Å². The van der Waals surface area contributed by atoms with Gasteiger partial charge >= 0.3 is 0 Å². The molecule has 27 heavy (non-hydrogen) atoms. The second-order valence-corrected chi connectivity index (χ2v) is 9.43. The molecule has 1 amide bonds. The molecule has 0 aromatic heterocycles. The van der Waals surface area contributed by atoms with Gasteiger partial charge in [-0.15, -0.1) is 0 Å². The summed E-state index contributed by atoms with van der Waals surface area (Å²) < 4.78 is 0. The van der Waals surface area contributed by atoms with Crippen LogP contribution in [-0.4, -0.2) is 30.3 Å². The van der Waals surface area contributed by atoms with Crippen LogP contribution < -0.4 is 10.6 Å². The number of hydrogen-bond acceptors (Lipinski definition) is 3. The van der Waals surface area contributed by atoms with E-state index in [2.05, 4.69) is 17.6 Å². The molecule has 2 N–H and O–H groups in total. The number of unbranched alkanes of at least 4 members (excludes halogenated alkanes) is 1. The van der Waals surface area contributed by atoms with Gasteiger partial charge in [-0.25, -0.2) is 0 Å². The fourth-order valence-electron chi connectivity index (χ4n) is 4.41. The Bertz CT molecular complexity index is 475. The molecule has 1 saturated heterocycles. The van der Waals surface area contributed by atoms with Crippen LogP contribution in [0.2, 0.25) is 0 Å². The molecule has 2 rings (SSSR count). The SMILES string of the molecule is CCC(C)(C)C(=O)NCCCCC1NC2CCCCCCCC(CC2)C1=O. The highest BCUT2D eigenvalue weighted by Crippen LogP contribution is 2.27. The van der Waals surface area contributed by atoms with E-state index in [1.165, 1.54) is 38.5 Å². The number of carbonyl (C=O) groups is 2. The molecule has 1 heterocycles. The van der Waals surface area contributed by atoms with Gasteiger partial charge in [0.25, 0.3) is 0 Å². The quantitative estimate of drug-likeness (QED) is 0.628. The lowest BCUT2D eigenvalue weighted by molar-refractivity contribution is -0.129. The highest BCUT2D eigenvalue weighted by molar-refractivity contribution is 5.86. The lowest BCUT2D eigenvalue weighted by atomic mass is 9.88. The average Bonchev–Trinajstić information content (AvgIpc) is 2.82. The van der Waals surface area contributed by atoms with E-state index in [0.29, 0.717) is 11.8 Å². The first kappa shape index (κ1) is 22.4. The number of hydrogen-bond donors (Lipinski definition) is 2. The van der Waals surface area contributed by atoms with E-state index in [0.717, 1.165) is 51.5 Å². The number of nitrogens with one attached hydrogen (secondary N) is 2. The number of fused-ring (bicyclic) bond motifs is 3. The van der Waals surface area contributed by atoms with Crippen molar-refractivity contribution >= 4 is 11.7 Å². The van der Waals surface area contributed by atoms with Gasteiger partial charge in [-0.3, -0.25) is 9.59 Å². The van der Waals surface area contributed by atoms with Gasteiger partial charge < -0.3 is 10.6 Å². The van der Waals surface area contributed by atoms with E-state index in [1.807, 2.05) is 13.8 Å². The van der Waals surface area contributed by atoms with Gasteiger partial charge in [0.2, 0.25) is 5.91 Å². The molecular formula is C23H42N2O2. The first-order chi connectivity index (χ1) is 12.9. The molecule has 0 radical (unpaired) electrons. The molecular weight excluding hydrogens is 336 g/mol. The Balaban J connectivity index is 1.80. The molecule has 2 fully saturated rings. The van der Waals surface area contributed by atoms with Crippen LogP contribution in [0.4, 0.5) is 0 Å². The molecule has 0 aromatic carbocycles. The van der Waals surface area contributed by atoms with Crippen molar-refractivity contribution in [3.63, 3.8) is 0 Å².